The van der Waals surface area contributed by atoms with Gasteiger partial charge in [0, 0.05) is 6.20 Å². The lowest BCUT2D eigenvalue weighted by molar-refractivity contribution is 0.646. The van der Waals surface area contributed by atoms with Gasteiger partial charge in [0.15, 0.2) is 5.69 Å². The lowest BCUT2D eigenvalue weighted by Gasteiger charge is -2.08. The molecule has 3 aromatic rings. The summed E-state index contributed by atoms with van der Waals surface area (Å²) in [5.41, 5.74) is 3.67. The number of imidazole rings is 1. The van der Waals surface area contributed by atoms with E-state index in [0.717, 1.165) is 23.3 Å². The zero-order valence-electron chi connectivity index (χ0n) is 12.1. The van der Waals surface area contributed by atoms with Crippen molar-refractivity contribution in [3.05, 3.63) is 59.8 Å². The number of hydrogen-bond donors (Lipinski definition) is 0. The topological polar surface area (TPSA) is 35.1 Å². The minimum Gasteiger partial charge on any atom is -0.283 e. The summed E-state index contributed by atoms with van der Waals surface area (Å²) in [6.45, 7) is 11.5. The molecule has 21 heavy (non-hydrogen) atoms. The first-order valence-electron chi connectivity index (χ1n) is 6.97. The molecule has 0 bridgehead atoms. The Hall–Kier alpha value is -2.67. The molecule has 3 rings (SSSR count). The van der Waals surface area contributed by atoms with Crippen molar-refractivity contribution in [2.45, 2.75) is 20.3 Å². The fraction of sp³-hybridized carbons (Fsp3) is 0.235. The van der Waals surface area contributed by atoms with Crippen molar-refractivity contribution in [1.82, 2.24) is 14.5 Å². The van der Waals surface area contributed by atoms with Crippen molar-refractivity contribution in [2.24, 2.45) is 5.92 Å². The van der Waals surface area contributed by atoms with E-state index in [2.05, 4.69) is 40.8 Å². The second kappa shape index (κ2) is 5.37. The van der Waals surface area contributed by atoms with Crippen LogP contribution < -0.4 is 0 Å². The van der Waals surface area contributed by atoms with Crippen molar-refractivity contribution in [3.63, 3.8) is 0 Å². The van der Waals surface area contributed by atoms with Crippen molar-refractivity contribution in [3.8, 4) is 5.82 Å². The lowest BCUT2D eigenvalue weighted by atomic mass is 10.0. The smallest absolute Gasteiger partial charge is 0.189 e. The summed E-state index contributed by atoms with van der Waals surface area (Å²) < 4.78 is 1.97. The largest absolute Gasteiger partial charge is 0.283 e. The second-order valence-corrected chi connectivity index (χ2v) is 5.52. The van der Waals surface area contributed by atoms with Crippen LogP contribution >= 0.6 is 0 Å². The third kappa shape index (κ3) is 2.63. The molecule has 0 saturated carbocycles. The summed E-state index contributed by atoms with van der Waals surface area (Å²) in [6, 6.07) is 9.69. The number of benzene rings is 1. The average Bonchev–Trinajstić information content (AvgIpc) is 2.89. The van der Waals surface area contributed by atoms with Gasteiger partial charge in [0.1, 0.15) is 12.1 Å². The van der Waals surface area contributed by atoms with E-state index in [4.69, 9.17) is 6.57 Å². The highest BCUT2D eigenvalue weighted by atomic mass is 15.1. The Morgan fingerprint density at radius 2 is 2.05 bits per heavy atom. The fourth-order valence-corrected chi connectivity index (χ4v) is 2.44. The number of nitrogens with zero attached hydrogens (tertiary/aromatic N) is 4. The van der Waals surface area contributed by atoms with Crippen LogP contribution in [0.1, 0.15) is 19.4 Å². The third-order valence-electron chi connectivity index (χ3n) is 3.36. The van der Waals surface area contributed by atoms with Crippen molar-refractivity contribution >= 4 is 16.7 Å². The molecule has 0 N–H and O–H groups in total. The van der Waals surface area contributed by atoms with Gasteiger partial charge in [-0.1, -0.05) is 19.9 Å². The molecule has 2 aromatic heterocycles. The Morgan fingerprint density at radius 3 is 2.81 bits per heavy atom. The monoisotopic (exact) mass is 276 g/mol. The van der Waals surface area contributed by atoms with E-state index in [9.17, 15) is 0 Å². The normalized spacial score (nSPS) is 11.0. The zero-order chi connectivity index (χ0) is 14.8. The van der Waals surface area contributed by atoms with Crippen LogP contribution in [0.5, 0.6) is 0 Å². The summed E-state index contributed by atoms with van der Waals surface area (Å²) in [4.78, 5) is 12.3. The van der Waals surface area contributed by atoms with Crippen LogP contribution in [0.15, 0.2) is 42.9 Å². The van der Waals surface area contributed by atoms with Gasteiger partial charge in [-0.15, -0.1) is 0 Å². The van der Waals surface area contributed by atoms with E-state index >= 15 is 0 Å². The third-order valence-corrected chi connectivity index (χ3v) is 3.36. The second-order valence-electron chi connectivity index (χ2n) is 5.52. The van der Waals surface area contributed by atoms with Gasteiger partial charge in [-0.25, -0.2) is 14.8 Å². The predicted octanol–water partition coefficient (Wildman–Crippen LogP) is 4.17. The summed E-state index contributed by atoms with van der Waals surface area (Å²) in [6.07, 6.45) is 4.64. The van der Waals surface area contributed by atoms with Gasteiger partial charge in [-0.2, -0.15) is 0 Å². The molecule has 0 fully saturated rings. The quantitative estimate of drug-likeness (QED) is 0.673. The minimum atomic E-state index is 0.606. The molecule has 0 unspecified atom stereocenters. The minimum absolute atomic E-state index is 0.606. The van der Waals surface area contributed by atoms with Crippen LogP contribution in [-0.4, -0.2) is 14.5 Å². The predicted molar refractivity (Wildman–Crippen MR) is 83.7 cm³/mol. The molecular formula is C17H16N4. The van der Waals surface area contributed by atoms with E-state index in [1.165, 1.54) is 5.56 Å². The van der Waals surface area contributed by atoms with Gasteiger partial charge in [-0.05, 0) is 42.2 Å². The SMILES string of the molecule is [C-]#[N+]c1ccc2c(c1)ncn2-c1cc(CC(C)C)ccn1. The zero-order valence-corrected chi connectivity index (χ0v) is 12.1. The molecule has 4 nitrogen and oxygen atoms in total. The molecule has 0 aliphatic carbocycles. The maximum absolute atomic E-state index is 7.06. The van der Waals surface area contributed by atoms with Crippen LogP contribution in [-0.2, 0) is 6.42 Å². The highest BCUT2D eigenvalue weighted by Gasteiger charge is 2.07. The van der Waals surface area contributed by atoms with Crippen LogP contribution in [0.25, 0.3) is 21.7 Å². The number of fused-ring (bicyclic) bond motifs is 1. The average molecular weight is 276 g/mol. The Kier molecular flexibility index (Phi) is 3.41. The molecule has 4 heteroatoms. The maximum Gasteiger partial charge on any atom is 0.189 e. The molecule has 1 aromatic carbocycles. The van der Waals surface area contributed by atoms with Crippen molar-refractivity contribution < 1.29 is 0 Å². The van der Waals surface area contributed by atoms with Crippen LogP contribution in [0, 0.1) is 12.5 Å². The summed E-state index contributed by atoms with van der Waals surface area (Å²) >= 11 is 0. The standard InChI is InChI=1S/C17H16N4/c1-12(2)8-13-6-7-19-17(9-13)21-11-20-15-10-14(18-3)4-5-16(15)21/h4-7,9-12H,8H2,1-2H3. The highest BCUT2D eigenvalue weighted by molar-refractivity contribution is 5.81. The van der Waals surface area contributed by atoms with Gasteiger partial charge in [-0.3, -0.25) is 4.57 Å². The molecule has 0 spiro atoms. The lowest BCUT2D eigenvalue weighted by Crippen LogP contribution is -1.99. The van der Waals surface area contributed by atoms with E-state index in [0.29, 0.717) is 11.6 Å². The van der Waals surface area contributed by atoms with Gasteiger partial charge in [0.25, 0.3) is 0 Å². The number of pyridine rings is 1. The molecule has 0 radical (unpaired) electrons. The van der Waals surface area contributed by atoms with Crippen molar-refractivity contribution in [2.75, 3.05) is 0 Å². The number of aromatic nitrogens is 3. The Bertz CT molecular complexity index is 824. The Labute approximate surface area is 123 Å². The summed E-state index contributed by atoms with van der Waals surface area (Å²) in [5, 5.41) is 0. The molecule has 2 heterocycles. The molecule has 104 valence electrons. The molecule has 0 aliphatic heterocycles. The van der Waals surface area contributed by atoms with Crippen LogP contribution in [0.2, 0.25) is 0 Å². The van der Waals surface area contributed by atoms with Gasteiger partial charge in [0.05, 0.1) is 17.6 Å². The van der Waals surface area contributed by atoms with Gasteiger partial charge >= 0.3 is 0 Å². The van der Waals surface area contributed by atoms with Crippen LogP contribution in [0.3, 0.4) is 0 Å². The fourth-order valence-electron chi connectivity index (χ4n) is 2.44. The molecule has 0 aliphatic rings. The Morgan fingerprint density at radius 1 is 1.19 bits per heavy atom. The highest BCUT2D eigenvalue weighted by Crippen LogP contribution is 2.22. The number of rotatable bonds is 3. The summed E-state index contributed by atoms with van der Waals surface area (Å²) in [7, 11) is 0. The van der Waals surface area contributed by atoms with E-state index in [1.54, 1.807) is 12.4 Å². The molecule has 0 atom stereocenters. The van der Waals surface area contributed by atoms with E-state index < -0.39 is 0 Å². The summed E-state index contributed by atoms with van der Waals surface area (Å²) in [5.74, 6) is 1.48. The number of hydrogen-bond acceptors (Lipinski definition) is 2. The Balaban J connectivity index is 2.06. The molecular weight excluding hydrogens is 260 g/mol. The van der Waals surface area contributed by atoms with Gasteiger partial charge < -0.3 is 0 Å². The first-order chi connectivity index (χ1) is 10.2. The van der Waals surface area contributed by atoms with E-state index in [-0.39, 0.29) is 0 Å². The first-order valence-corrected chi connectivity index (χ1v) is 6.97. The maximum atomic E-state index is 7.06. The first kappa shape index (κ1) is 13.3. The van der Waals surface area contributed by atoms with Crippen molar-refractivity contribution in [1.29, 1.82) is 0 Å². The molecule has 0 amide bonds. The molecule has 0 saturated heterocycles. The van der Waals surface area contributed by atoms with E-state index in [1.807, 2.05) is 22.9 Å². The van der Waals surface area contributed by atoms with Crippen LogP contribution in [0.4, 0.5) is 5.69 Å². The van der Waals surface area contributed by atoms with Gasteiger partial charge in [0.2, 0.25) is 0 Å².